The fourth-order valence-electron chi connectivity index (χ4n) is 4.87. The summed E-state index contributed by atoms with van der Waals surface area (Å²) in [6.07, 6.45) is -16.3. The van der Waals surface area contributed by atoms with Crippen molar-refractivity contribution in [3.05, 3.63) is 46.6 Å². The van der Waals surface area contributed by atoms with Crippen molar-refractivity contribution in [1.82, 2.24) is 0 Å². The molecule has 10 atom stereocenters. The van der Waals surface area contributed by atoms with Crippen molar-refractivity contribution in [2.24, 2.45) is 0 Å². The lowest BCUT2D eigenvalue weighted by atomic mass is 9.97. The minimum absolute atomic E-state index is 0.112. The van der Waals surface area contributed by atoms with Crippen LogP contribution >= 0.6 is 0 Å². The Morgan fingerprint density at radius 1 is 0.810 bits per heavy atom. The number of fused-ring (bicyclic) bond motifs is 1. The molecule has 228 valence electrons. The second-order valence-corrected chi connectivity index (χ2v) is 10.1. The summed E-state index contributed by atoms with van der Waals surface area (Å²) < 4.78 is 28.5. The lowest BCUT2D eigenvalue weighted by molar-refractivity contribution is -0.354. The molecule has 0 bridgehead atoms. The Bertz CT molecular complexity index is 1470. The van der Waals surface area contributed by atoms with E-state index in [0.29, 0.717) is 0 Å². The molecule has 0 spiro atoms. The maximum absolute atomic E-state index is 13.7. The molecule has 5 unspecified atom stereocenters. The van der Waals surface area contributed by atoms with Crippen molar-refractivity contribution < 1.29 is 69.3 Å². The maximum atomic E-state index is 13.7. The highest BCUT2D eigenvalue weighted by molar-refractivity contribution is 5.88. The van der Waals surface area contributed by atoms with Crippen molar-refractivity contribution in [3.63, 3.8) is 0 Å². The number of rotatable bonds is 6. The van der Waals surface area contributed by atoms with Crippen LogP contribution < -0.4 is 10.2 Å². The molecule has 3 aromatic rings. The van der Waals surface area contributed by atoms with E-state index >= 15 is 0 Å². The van der Waals surface area contributed by atoms with Crippen LogP contribution in [0.4, 0.5) is 0 Å². The van der Waals surface area contributed by atoms with Gasteiger partial charge < -0.3 is 69.3 Å². The highest BCUT2D eigenvalue weighted by Gasteiger charge is 2.51. The molecule has 15 heteroatoms. The number of hydrogen-bond acceptors (Lipinski definition) is 15. The van der Waals surface area contributed by atoms with E-state index < -0.39 is 96.1 Å². The van der Waals surface area contributed by atoms with Crippen LogP contribution in [-0.2, 0) is 14.2 Å². The Morgan fingerprint density at radius 3 is 2.17 bits per heavy atom. The Hall–Kier alpha value is -3.51. The van der Waals surface area contributed by atoms with E-state index in [9.17, 15) is 50.8 Å². The highest BCUT2D eigenvalue weighted by atomic mass is 16.8. The predicted molar refractivity (Wildman–Crippen MR) is 139 cm³/mol. The molecule has 2 aromatic carbocycles. The summed E-state index contributed by atoms with van der Waals surface area (Å²) in [4.78, 5) is 13.7. The van der Waals surface area contributed by atoms with E-state index in [2.05, 4.69) is 0 Å². The molecule has 2 aliphatic rings. The van der Waals surface area contributed by atoms with Crippen LogP contribution in [-0.4, -0.2) is 114 Å². The summed E-state index contributed by atoms with van der Waals surface area (Å²) in [5, 5.41) is 91.6. The van der Waals surface area contributed by atoms with Gasteiger partial charge in [-0.05, 0) is 31.2 Å². The molecule has 0 aliphatic carbocycles. The van der Waals surface area contributed by atoms with Crippen LogP contribution in [0.1, 0.15) is 6.92 Å². The van der Waals surface area contributed by atoms with Crippen LogP contribution in [0.15, 0.2) is 45.6 Å². The monoisotopic (exact) mass is 594 g/mol. The largest absolute Gasteiger partial charge is 0.508 e. The molecule has 0 saturated carbocycles. The topological polar surface area (TPSA) is 249 Å². The zero-order valence-electron chi connectivity index (χ0n) is 21.9. The Morgan fingerprint density at radius 2 is 1.50 bits per heavy atom. The van der Waals surface area contributed by atoms with Gasteiger partial charge in [-0.15, -0.1) is 0 Å². The molecule has 0 amide bonds. The second kappa shape index (κ2) is 11.6. The molecule has 2 saturated heterocycles. The molecule has 3 heterocycles. The van der Waals surface area contributed by atoms with Crippen molar-refractivity contribution >= 4 is 11.0 Å². The van der Waals surface area contributed by atoms with Gasteiger partial charge in [0.05, 0.1) is 12.7 Å². The quantitative estimate of drug-likeness (QED) is 0.159. The lowest BCUT2D eigenvalue weighted by Gasteiger charge is -2.45. The smallest absolute Gasteiger partial charge is 0.239 e. The first-order valence-electron chi connectivity index (χ1n) is 12.9. The minimum Gasteiger partial charge on any atom is -0.508 e. The summed E-state index contributed by atoms with van der Waals surface area (Å²) in [6, 6.07) is 7.31. The molecule has 9 N–H and O–H groups in total. The lowest BCUT2D eigenvalue weighted by Crippen LogP contribution is -2.64. The summed E-state index contributed by atoms with van der Waals surface area (Å²) in [5.41, 5.74) is -0.995. The van der Waals surface area contributed by atoms with Crippen molar-refractivity contribution in [2.45, 2.75) is 68.3 Å². The van der Waals surface area contributed by atoms with Gasteiger partial charge in [0.1, 0.15) is 64.8 Å². The van der Waals surface area contributed by atoms with Gasteiger partial charge in [-0.2, -0.15) is 0 Å². The van der Waals surface area contributed by atoms with Gasteiger partial charge >= 0.3 is 0 Å². The zero-order valence-corrected chi connectivity index (χ0v) is 21.9. The summed E-state index contributed by atoms with van der Waals surface area (Å²) in [7, 11) is 0. The fraction of sp³-hybridized carbons (Fsp3) is 0.444. The SMILES string of the molecule is CC1O[C@@H](OC2C(O)[C@@H](O)C(CO)O[C@@H]2Oc2c(-c3ccc(O)cc3)oc3cc(O)cc(O)c3c2=O)[C@@H](O)C(O)[C@H]1O. The maximum Gasteiger partial charge on any atom is 0.239 e. The van der Waals surface area contributed by atoms with Gasteiger partial charge in [0, 0.05) is 17.7 Å². The van der Waals surface area contributed by atoms with E-state index in [0.717, 1.165) is 12.1 Å². The molecule has 15 nitrogen and oxygen atoms in total. The average molecular weight is 595 g/mol. The molecular weight excluding hydrogens is 564 g/mol. The van der Waals surface area contributed by atoms with E-state index in [1.807, 2.05) is 0 Å². The number of aliphatic hydroxyl groups excluding tert-OH is 6. The van der Waals surface area contributed by atoms with Gasteiger partial charge in [-0.3, -0.25) is 4.79 Å². The van der Waals surface area contributed by atoms with Crippen LogP contribution in [0, 0.1) is 0 Å². The molecular formula is C27H30O15. The molecule has 5 rings (SSSR count). The number of phenols is 3. The summed E-state index contributed by atoms with van der Waals surface area (Å²) in [5.74, 6) is -2.03. The third-order valence-electron chi connectivity index (χ3n) is 7.21. The van der Waals surface area contributed by atoms with Crippen LogP contribution in [0.5, 0.6) is 23.0 Å². The standard InChI is InChI=1S/C27H30O15/c1-9-17(32)20(35)22(37)26(38-9)42-25-21(36)18(33)15(8-28)40-27(25)41-24-19(34)16-13(31)6-12(30)7-14(16)39-23(24)10-2-4-11(29)5-3-10/h2-7,9,15,17-18,20-22,25-33,35-37H,8H2,1H3/t9?,15?,17-,18-,20?,21?,22-,25?,26-,27+/m0/s1. The number of aliphatic hydroxyl groups is 6. The number of phenolic OH excluding ortho intramolecular Hbond substituents is 3. The summed E-state index contributed by atoms with van der Waals surface area (Å²) >= 11 is 0. The average Bonchev–Trinajstić information content (AvgIpc) is 2.95. The van der Waals surface area contributed by atoms with Gasteiger partial charge in [-0.25, -0.2) is 0 Å². The van der Waals surface area contributed by atoms with Gasteiger partial charge in [-0.1, -0.05) is 0 Å². The van der Waals surface area contributed by atoms with Gasteiger partial charge in [0.2, 0.25) is 17.5 Å². The van der Waals surface area contributed by atoms with E-state index in [1.165, 1.54) is 31.2 Å². The van der Waals surface area contributed by atoms with Crippen LogP contribution in [0.2, 0.25) is 0 Å². The van der Waals surface area contributed by atoms with Crippen molar-refractivity contribution in [3.8, 4) is 34.3 Å². The third kappa shape index (κ3) is 5.37. The number of hydrogen-bond donors (Lipinski definition) is 9. The zero-order chi connectivity index (χ0) is 30.5. The van der Waals surface area contributed by atoms with Gasteiger partial charge in [0.15, 0.2) is 18.2 Å². The first kappa shape index (κ1) is 30.0. The second-order valence-electron chi connectivity index (χ2n) is 10.1. The number of aromatic hydroxyl groups is 3. The molecule has 2 aliphatic heterocycles. The minimum atomic E-state index is -1.87. The molecule has 1 aromatic heterocycles. The first-order valence-corrected chi connectivity index (χ1v) is 12.9. The first-order chi connectivity index (χ1) is 19.9. The molecule has 2 fully saturated rings. The number of ether oxygens (including phenoxy) is 4. The van der Waals surface area contributed by atoms with Crippen LogP contribution in [0.25, 0.3) is 22.3 Å². The Kier molecular flexibility index (Phi) is 8.30. The Labute approximate surface area is 236 Å². The third-order valence-corrected chi connectivity index (χ3v) is 7.21. The molecule has 0 radical (unpaired) electrons. The van der Waals surface area contributed by atoms with Crippen molar-refractivity contribution in [1.29, 1.82) is 0 Å². The van der Waals surface area contributed by atoms with E-state index in [4.69, 9.17) is 23.4 Å². The Balaban J connectivity index is 1.60. The van der Waals surface area contributed by atoms with Crippen LogP contribution in [0.3, 0.4) is 0 Å². The number of benzene rings is 2. The van der Waals surface area contributed by atoms with E-state index in [1.54, 1.807) is 0 Å². The molecule has 42 heavy (non-hydrogen) atoms. The van der Waals surface area contributed by atoms with Gasteiger partial charge in [0.25, 0.3) is 0 Å². The predicted octanol–water partition coefficient (Wildman–Crippen LogP) is -1.39. The fourth-order valence-corrected chi connectivity index (χ4v) is 4.87. The van der Waals surface area contributed by atoms with Crippen molar-refractivity contribution in [2.75, 3.05) is 6.61 Å². The summed E-state index contributed by atoms with van der Waals surface area (Å²) in [6.45, 7) is 0.593. The highest BCUT2D eigenvalue weighted by Crippen LogP contribution is 2.38. The normalized spacial score (nSPS) is 33.5. The van der Waals surface area contributed by atoms with E-state index in [-0.39, 0.29) is 22.7 Å².